The summed E-state index contributed by atoms with van der Waals surface area (Å²) in [6, 6.07) is 7.39. The van der Waals surface area contributed by atoms with Crippen LogP contribution in [0.5, 0.6) is 0 Å². The molecule has 0 bridgehead atoms. The van der Waals surface area contributed by atoms with E-state index in [2.05, 4.69) is 15.2 Å². The van der Waals surface area contributed by atoms with Gasteiger partial charge in [0.25, 0.3) is 0 Å². The molecule has 2 amide bonds. The molecule has 0 aliphatic carbocycles. The molecule has 8 nitrogen and oxygen atoms in total. The van der Waals surface area contributed by atoms with Gasteiger partial charge in [0.2, 0.25) is 11.8 Å². The van der Waals surface area contributed by atoms with Crippen molar-refractivity contribution in [3.05, 3.63) is 47.8 Å². The Morgan fingerprint density at radius 3 is 2.54 bits per heavy atom. The van der Waals surface area contributed by atoms with Crippen LogP contribution in [0.25, 0.3) is 0 Å². The smallest absolute Gasteiger partial charge is 0.248 e. The third kappa shape index (κ3) is 3.91. The highest BCUT2D eigenvalue weighted by Crippen LogP contribution is 2.25. The van der Waals surface area contributed by atoms with E-state index in [9.17, 15) is 9.59 Å². The highest BCUT2D eigenvalue weighted by atomic mass is 16.2. The summed E-state index contributed by atoms with van der Waals surface area (Å²) in [5, 5.41) is 7.99. The zero-order chi connectivity index (χ0) is 18.7. The van der Waals surface area contributed by atoms with E-state index < -0.39 is 5.91 Å². The van der Waals surface area contributed by atoms with Gasteiger partial charge < -0.3 is 15.5 Å². The number of benzene rings is 1. The lowest BCUT2D eigenvalue weighted by Gasteiger charge is -2.24. The second kappa shape index (κ2) is 7.65. The number of aromatic nitrogens is 3. The summed E-state index contributed by atoms with van der Waals surface area (Å²) in [4.78, 5) is 27.8. The summed E-state index contributed by atoms with van der Waals surface area (Å²) in [7, 11) is 4.03. The van der Waals surface area contributed by atoms with Crippen molar-refractivity contribution in [2.24, 2.45) is 5.73 Å². The first-order valence-corrected chi connectivity index (χ1v) is 8.64. The average Bonchev–Trinajstić information content (AvgIpc) is 3.29. The predicted octanol–water partition coefficient (Wildman–Crippen LogP) is 0.323. The van der Waals surface area contributed by atoms with Gasteiger partial charge in [-0.15, -0.1) is 5.10 Å². The number of nitrogens with zero attached hydrogens (tertiary/aromatic N) is 5. The van der Waals surface area contributed by atoms with Crippen LogP contribution in [0.4, 0.5) is 0 Å². The van der Waals surface area contributed by atoms with Gasteiger partial charge in [0.15, 0.2) is 0 Å². The minimum atomic E-state index is -0.446. The number of rotatable bonds is 6. The summed E-state index contributed by atoms with van der Waals surface area (Å²) >= 11 is 0. The van der Waals surface area contributed by atoms with Crippen molar-refractivity contribution in [1.29, 1.82) is 0 Å². The van der Waals surface area contributed by atoms with Gasteiger partial charge in [0.05, 0.1) is 18.3 Å². The van der Waals surface area contributed by atoms with Crippen molar-refractivity contribution >= 4 is 11.8 Å². The van der Waals surface area contributed by atoms with Gasteiger partial charge in [0, 0.05) is 31.3 Å². The molecule has 1 saturated heterocycles. The molecule has 8 heteroatoms. The van der Waals surface area contributed by atoms with Gasteiger partial charge in [-0.1, -0.05) is 17.3 Å². The Balaban J connectivity index is 1.60. The molecular formula is C18H24N6O2. The molecule has 1 aromatic heterocycles. The third-order valence-electron chi connectivity index (χ3n) is 4.92. The maximum absolute atomic E-state index is 12.7. The molecule has 0 spiro atoms. The van der Waals surface area contributed by atoms with Crippen molar-refractivity contribution in [3.8, 4) is 0 Å². The number of aryl methyl sites for hydroxylation is 1. The van der Waals surface area contributed by atoms with Crippen LogP contribution in [0.1, 0.15) is 28.4 Å². The summed E-state index contributed by atoms with van der Waals surface area (Å²) in [6.45, 7) is 1.31. The van der Waals surface area contributed by atoms with Crippen LogP contribution in [-0.4, -0.2) is 69.8 Å². The van der Waals surface area contributed by atoms with Crippen molar-refractivity contribution in [1.82, 2.24) is 24.8 Å². The van der Waals surface area contributed by atoms with Crippen molar-refractivity contribution in [3.63, 3.8) is 0 Å². The molecule has 0 saturated carbocycles. The largest absolute Gasteiger partial charge is 0.366 e. The standard InChI is InChI=1S/C18H24N6O2/c1-22(2)15-11-23(12-16(15)24-10-9-20-21-24)17(25)8-5-13-3-6-14(7-4-13)18(19)26/h3-4,6-7,9-10,15-16H,5,8,11-12H2,1-2H3,(H2,19,26)/t15-,16+/m1/s1. The lowest BCUT2D eigenvalue weighted by molar-refractivity contribution is -0.130. The number of hydrogen-bond donors (Lipinski definition) is 1. The highest BCUT2D eigenvalue weighted by Gasteiger charge is 2.37. The highest BCUT2D eigenvalue weighted by molar-refractivity contribution is 5.92. The monoisotopic (exact) mass is 356 g/mol. The van der Waals surface area contributed by atoms with E-state index in [1.165, 1.54) is 0 Å². The molecule has 138 valence electrons. The SMILES string of the molecule is CN(C)[C@@H]1CN(C(=O)CCc2ccc(C(N)=O)cc2)C[C@@H]1n1ccnn1. The molecular weight excluding hydrogens is 332 g/mol. The lowest BCUT2D eigenvalue weighted by atomic mass is 10.1. The molecule has 2 aromatic rings. The quantitative estimate of drug-likeness (QED) is 0.804. The maximum atomic E-state index is 12.7. The molecule has 2 atom stereocenters. The van der Waals surface area contributed by atoms with E-state index >= 15 is 0 Å². The number of carbonyl (C=O) groups is 2. The van der Waals surface area contributed by atoms with Crippen LogP contribution in [0.15, 0.2) is 36.7 Å². The van der Waals surface area contributed by atoms with Crippen LogP contribution in [0.2, 0.25) is 0 Å². The van der Waals surface area contributed by atoms with Gasteiger partial charge >= 0.3 is 0 Å². The summed E-state index contributed by atoms with van der Waals surface area (Å²) < 4.78 is 1.83. The number of hydrogen-bond acceptors (Lipinski definition) is 5. The molecule has 3 rings (SSSR count). The van der Waals surface area contributed by atoms with Gasteiger partial charge in [-0.3, -0.25) is 9.59 Å². The number of likely N-dealkylation sites (N-methyl/N-ethyl adjacent to an activating group) is 1. The normalized spacial score (nSPS) is 19.9. The maximum Gasteiger partial charge on any atom is 0.248 e. The molecule has 0 unspecified atom stereocenters. The van der Waals surface area contributed by atoms with Crippen LogP contribution >= 0.6 is 0 Å². The first-order valence-electron chi connectivity index (χ1n) is 8.64. The first kappa shape index (κ1) is 18.1. The Kier molecular flexibility index (Phi) is 5.32. The van der Waals surface area contributed by atoms with Crippen molar-refractivity contribution in [2.75, 3.05) is 27.2 Å². The van der Waals surface area contributed by atoms with E-state index in [0.717, 1.165) is 5.56 Å². The van der Waals surface area contributed by atoms with Gasteiger partial charge in [-0.05, 0) is 38.2 Å². The van der Waals surface area contributed by atoms with E-state index in [1.54, 1.807) is 18.3 Å². The van der Waals surface area contributed by atoms with E-state index in [-0.39, 0.29) is 18.0 Å². The van der Waals surface area contributed by atoms with E-state index in [1.807, 2.05) is 42.0 Å². The third-order valence-corrected chi connectivity index (χ3v) is 4.92. The number of primary amides is 1. The second-order valence-electron chi connectivity index (χ2n) is 6.84. The zero-order valence-corrected chi connectivity index (χ0v) is 15.1. The van der Waals surface area contributed by atoms with Crippen LogP contribution in [0, 0.1) is 0 Å². The Hall–Kier alpha value is -2.74. The Morgan fingerprint density at radius 2 is 1.96 bits per heavy atom. The predicted molar refractivity (Wildman–Crippen MR) is 96.4 cm³/mol. The Labute approximate surface area is 152 Å². The van der Waals surface area contributed by atoms with Crippen molar-refractivity contribution < 1.29 is 9.59 Å². The minimum absolute atomic E-state index is 0.103. The zero-order valence-electron chi connectivity index (χ0n) is 15.1. The van der Waals surface area contributed by atoms with Crippen LogP contribution in [0.3, 0.4) is 0 Å². The first-order chi connectivity index (χ1) is 12.5. The van der Waals surface area contributed by atoms with Crippen LogP contribution < -0.4 is 5.73 Å². The Morgan fingerprint density at radius 1 is 1.23 bits per heavy atom. The number of nitrogens with two attached hydrogens (primary N) is 1. The van der Waals surface area contributed by atoms with Crippen molar-refractivity contribution in [2.45, 2.75) is 24.9 Å². The lowest BCUT2D eigenvalue weighted by Crippen LogP contribution is -2.37. The summed E-state index contributed by atoms with van der Waals surface area (Å²) in [5.41, 5.74) is 6.73. The molecule has 1 aliphatic heterocycles. The molecule has 1 aromatic carbocycles. The Bertz CT molecular complexity index is 756. The van der Waals surface area contributed by atoms with E-state index in [4.69, 9.17) is 5.73 Å². The van der Waals surface area contributed by atoms with E-state index in [0.29, 0.717) is 31.5 Å². The second-order valence-corrected chi connectivity index (χ2v) is 6.84. The summed E-state index contributed by atoms with van der Waals surface area (Å²) in [6.07, 6.45) is 4.57. The number of carbonyl (C=O) groups excluding carboxylic acids is 2. The average molecular weight is 356 g/mol. The molecule has 1 aliphatic rings. The summed E-state index contributed by atoms with van der Waals surface area (Å²) in [5.74, 6) is -0.322. The minimum Gasteiger partial charge on any atom is -0.366 e. The van der Waals surface area contributed by atoms with Gasteiger partial charge in [-0.2, -0.15) is 0 Å². The molecule has 26 heavy (non-hydrogen) atoms. The topological polar surface area (TPSA) is 97.3 Å². The number of amides is 2. The fraction of sp³-hybridized carbons (Fsp3) is 0.444. The molecule has 0 radical (unpaired) electrons. The van der Waals surface area contributed by atoms with Gasteiger partial charge in [0.1, 0.15) is 0 Å². The molecule has 1 fully saturated rings. The molecule has 2 heterocycles. The fourth-order valence-corrected chi connectivity index (χ4v) is 3.38. The number of likely N-dealkylation sites (tertiary alicyclic amines) is 1. The van der Waals surface area contributed by atoms with Crippen LogP contribution in [-0.2, 0) is 11.2 Å². The molecule has 2 N–H and O–H groups in total. The van der Waals surface area contributed by atoms with Gasteiger partial charge in [-0.25, -0.2) is 4.68 Å². The fourth-order valence-electron chi connectivity index (χ4n) is 3.38.